The lowest BCUT2D eigenvalue weighted by atomic mass is 9.52. The van der Waals surface area contributed by atoms with Gasteiger partial charge in [0.2, 0.25) is 5.91 Å². The second-order valence-electron chi connectivity index (χ2n) is 11.9. The Labute approximate surface area is 231 Å². The highest BCUT2D eigenvalue weighted by Crippen LogP contribution is 2.51. The van der Waals surface area contributed by atoms with E-state index in [1.165, 1.54) is 24.2 Å². The maximum atomic E-state index is 13.9. The number of aromatic hydroxyl groups is 1. The number of nitrogens with zero attached hydrogens (tertiary/aromatic N) is 1. The van der Waals surface area contributed by atoms with Crippen molar-refractivity contribution in [3.05, 3.63) is 28.3 Å². The summed E-state index contributed by atoms with van der Waals surface area (Å²) >= 11 is 1.77. The number of phenols is 1. The van der Waals surface area contributed by atoms with Crippen molar-refractivity contribution in [1.82, 2.24) is 4.90 Å². The zero-order valence-corrected chi connectivity index (χ0v) is 23.4. The van der Waals surface area contributed by atoms with Crippen LogP contribution in [0.3, 0.4) is 0 Å². The van der Waals surface area contributed by atoms with E-state index in [-0.39, 0.29) is 17.7 Å². The van der Waals surface area contributed by atoms with E-state index >= 15 is 0 Å². The molecule has 10 heteroatoms. The normalized spacial score (nSPS) is 33.1. The summed E-state index contributed by atoms with van der Waals surface area (Å²) in [6.45, 7) is 1.88. The number of aliphatic hydroxyl groups is 1. The first-order valence-corrected chi connectivity index (χ1v) is 14.7. The van der Waals surface area contributed by atoms with Crippen LogP contribution in [0.4, 0.5) is 0 Å². The average molecular weight is 557 g/mol. The number of carbonyl (C=O) groups is 5. The molecule has 5 rings (SSSR count). The van der Waals surface area contributed by atoms with Crippen molar-refractivity contribution in [2.24, 2.45) is 29.4 Å². The molecule has 0 saturated heterocycles. The first-order chi connectivity index (χ1) is 18.4. The van der Waals surface area contributed by atoms with Crippen LogP contribution in [-0.2, 0) is 31.4 Å². The third kappa shape index (κ3) is 4.26. The fraction of sp³-hybridized carbons (Fsp3) is 0.621. The summed E-state index contributed by atoms with van der Waals surface area (Å²) in [6, 6.07) is 0.812. The van der Waals surface area contributed by atoms with Crippen molar-refractivity contribution in [3.63, 3.8) is 0 Å². The molecule has 0 aliphatic heterocycles. The number of Topliss-reactive ketones (excluding diaryl/α,β-unsaturated/α-hetero) is 4. The summed E-state index contributed by atoms with van der Waals surface area (Å²) in [7, 11) is 3.15. The molecule has 0 radical (unpaired) electrons. The van der Waals surface area contributed by atoms with Crippen LogP contribution in [0.2, 0.25) is 0 Å². The summed E-state index contributed by atoms with van der Waals surface area (Å²) in [4.78, 5) is 68.0. The zero-order valence-electron chi connectivity index (χ0n) is 22.6. The van der Waals surface area contributed by atoms with E-state index in [2.05, 4.69) is 0 Å². The number of hydrogen-bond donors (Lipinski definition) is 3. The first-order valence-electron chi connectivity index (χ1n) is 13.7. The largest absolute Gasteiger partial charge is 0.507 e. The second-order valence-corrected chi connectivity index (χ2v) is 13.2. The SMILES string of the molecule is Cc1cc(CSC2CCCCC2)c(O)c2c1CC1CC3C(N(C)C)C(=O)C(C(N)=O)C(=O)C3(O)C(=O)C1C2=O. The minimum absolute atomic E-state index is 0.0589. The van der Waals surface area contributed by atoms with E-state index in [1.807, 2.05) is 13.0 Å². The molecule has 6 unspecified atom stereocenters. The van der Waals surface area contributed by atoms with Gasteiger partial charge in [0.15, 0.2) is 34.7 Å². The molecule has 4 N–H and O–H groups in total. The monoisotopic (exact) mass is 556 g/mol. The number of hydrogen-bond acceptors (Lipinski definition) is 9. The van der Waals surface area contributed by atoms with Gasteiger partial charge in [-0.25, -0.2) is 0 Å². The molecule has 1 aromatic carbocycles. The van der Waals surface area contributed by atoms with Gasteiger partial charge in [0.05, 0.1) is 17.5 Å². The first kappa shape index (κ1) is 28.0. The smallest absolute Gasteiger partial charge is 0.235 e. The second kappa shape index (κ2) is 10.1. The molecule has 0 aromatic heterocycles. The Bertz CT molecular complexity index is 1270. The highest BCUT2D eigenvalue weighted by atomic mass is 32.2. The molecule has 0 heterocycles. The summed E-state index contributed by atoms with van der Waals surface area (Å²) in [5.41, 5.74) is 4.89. The standard InChI is InChI=1S/C29H36N2O7S/c1-13-9-15(12-39-16-7-5-4-6-8-16)23(32)20-17(13)10-14-11-18-22(31(2)3)25(34)21(28(30)37)27(36)29(18,38)26(35)19(14)24(20)33/h9,14,16,18-19,21-22,32,38H,4-8,10-12H2,1-3H3,(H2,30,37). The number of phenolic OH excluding ortho intramolecular Hbond substituents is 1. The lowest BCUT2D eigenvalue weighted by Gasteiger charge is -2.52. The van der Waals surface area contributed by atoms with E-state index in [0.717, 1.165) is 18.4 Å². The predicted molar refractivity (Wildman–Crippen MR) is 144 cm³/mol. The number of rotatable bonds is 5. The minimum atomic E-state index is -2.70. The summed E-state index contributed by atoms with van der Waals surface area (Å²) in [5, 5.41) is 23.5. The highest BCUT2D eigenvalue weighted by Gasteiger charge is 2.69. The van der Waals surface area contributed by atoms with E-state index in [0.29, 0.717) is 28.6 Å². The molecule has 9 nitrogen and oxygen atoms in total. The Morgan fingerprint density at radius 2 is 1.79 bits per heavy atom. The third-order valence-electron chi connectivity index (χ3n) is 9.39. The van der Waals surface area contributed by atoms with Crippen LogP contribution >= 0.6 is 11.8 Å². The number of likely N-dealkylation sites (N-methyl/N-ethyl adjacent to an activating group) is 1. The van der Waals surface area contributed by atoms with Crippen molar-refractivity contribution in [3.8, 4) is 5.75 Å². The fourth-order valence-electron chi connectivity index (χ4n) is 7.48. The number of nitrogens with two attached hydrogens (primary N) is 1. The fourth-order valence-corrected chi connectivity index (χ4v) is 8.78. The molecular formula is C29H36N2O7S. The Balaban J connectivity index is 1.53. The van der Waals surface area contributed by atoms with Crippen molar-refractivity contribution in [2.45, 2.75) is 74.5 Å². The van der Waals surface area contributed by atoms with Gasteiger partial charge in [-0.2, -0.15) is 11.8 Å². The van der Waals surface area contributed by atoms with Gasteiger partial charge < -0.3 is 15.9 Å². The summed E-state index contributed by atoms with van der Waals surface area (Å²) in [5.74, 6) is -9.46. The van der Waals surface area contributed by atoms with E-state index in [9.17, 15) is 34.2 Å². The topological polar surface area (TPSA) is 155 Å². The molecule has 1 amide bonds. The van der Waals surface area contributed by atoms with E-state index in [1.54, 1.807) is 25.9 Å². The van der Waals surface area contributed by atoms with E-state index in [4.69, 9.17) is 5.73 Å². The number of carbonyl (C=O) groups excluding carboxylic acids is 5. The predicted octanol–water partition coefficient (Wildman–Crippen LogP) is 1.74. The van der Waals surface area contributed by atoms with Crippen LogP contribution in [0.5, 0.6) is 5.75 Å². The quantitative estimate of drug-likeness (QED) is 0.460. The van der Waals surface area contributed by atoms with Crippen molar-refractivity contribution < 1.29 is 34.2 Å². The Hall–Kier alpha value is -2.56. The molecule has 4 aliphatic rings. The molecule has 210 valence electrons. The van der Waals surface area contributed by atoms with Gasteiger partial charge in [0.25, 0.3) is 0 Å². The Kier molecular flexibility index (Phi) is 7.26. The van der Waals surface area contributed by atoms with Gasteiger partial charge >= 0.3 is 0 Å². The molecule has 0 bridgehead atoms. The lowest BCUT2D eigenvalue weighted by molar-refractivity contribution is -0.181. The average Bonchev–Trinajstić information content (AvgIpc) is 2.87. The summed E-state index contributed by atoms with van der Waals surface area (Å²) < 4.78 is 0. The Morgan fingerprint density at radius 3 is 2.41 bits per heavy atom. The van der Waals surface area contributed by atoms with Gasteiger partial charge in [-0.1, -0.05) is 25.3 Å². The molecule has 1 aromatic rings. The molecule has 39 heavy (non-hydrogen) atoms. The number of primary amides is 1. The molecule has 3 fully saturated rings. The highest BCUT2D eigenvalue weighted by molar-refractivity contribution is 7.99. The van der Waals surface area contributed by atoms with Crippen LogP contribution in [0.1, 0.15) is 65.6 Å². The molecular weight excluding hydrogens is 520 g/mol. The van der Waals surface area contributed by atoms with Crippen molar-refractivity contribution in [1.29, 1.82) is 0 Å². The summed E-state index contributed by atoms with van der Waals surface area (Å²) in [6.07, 6.45) is 6.23. The van der Waals surface area contributed by atoms with Gasteiger partial charge in [-0.15, -0.1) is 0 Å². The van der Waals surface area contributed by atoms with Crippen LogP contribution < -0.4 is 5.73 Å². The molecule has 3 saturated carbocycles. The van der Waals surface area contributed by atoms with Gasteiger partial charge in [0.1, 0.15) is 5.75 Å². The van der Waals surface area contributed by atoms with Crippen LogP contribution in [-0.4, -0.2) is 75.1 Å². The Morgan fingerprint density at radius 1 is 1.13 bits per heavy atom. The number of aryl methyl sites for hydroxylation is 1. The van der Waals surface area contributed by atoms with E-state index < -0.39 is 64.4 Å². The van der Waals surface area contributed by atoms with Crippen molar-refractivity contribution in [2.75, 3.05) is 14.1 Å². The van der Waals surface area contributed by atoms with Crippen LogP contribution in [0.25, 0.3) is 0 Å². The molecule has 6 atom stereocenters. The number of ketones is 4. The number of benzene rings is 1. The maximum absolute atomic E-state index is 13.9. The maximum Gasteiger partial charge on any atom is 0.235 e. The number of thioether (sulfide) groups is 1. The lowest BCUT2D eigenvalue weighted by Crippen LogP contribution is -2.74. The number of amides is 1. The van der Waals surface area contributed by atoms with Crippen LogP contribution in [0.15, 0.2) is 6.07 Å². The molecule has 0 spiro atoms. The van der Waals surface area contributed by atoms with Crippen molar-refractivity contribution >= 4 is 40.8 Å². The van der Waals surface area contributed by atoms with Gasteiger partial charge in [-0.05, 0) is 63.7 Å². The minimum Gasteiger partial charge on any atom is -0.507 e. The van der Waals surface area contributed by atoms with Gasteiger partial charge in [-0.3, -0.25) is 28.9 Å². The van der Waals surface area contributed by atoms with Gasteiger partial charge in [0, 0.05) is 22.5 Å². The third-order valence-corrected chi connectivity index (χ3v) is 10.8. The zero-order chi connectivity index (χ0) is 28.4. The van der Waals surface area contributed by atoms with Crippen LogP contribution in [0, 0.1) is 30.6 Å². The number of fused-ring (bicyclic) bond motifs is 3. The molecule has 4 aliphatic carbocycles.